The standard InChI is InChI=1S/C27H38OSi/c1-18-15-21(26(2,3)4)24(28-7)22(16-18)27(5,6)23-17-19-13-11-12-14-20(19)25(23)29(8,9)10/h11-17,25H,1-10H3. The Morgan fingerprint density at radius 2 is 1.48 bits per heavy atom. The van der Waals surface area contributed by atoms with Gasteiger partial charge < -0.3 is 4.74 Å². The van der Waals surface area contributed by atoms with Gasteiger partial charge in [0.1, 0.15) is 5.75 Å². The van der Waals surface area contributed by atoms with Crippen LogP contribution in [0.1, 0.15) is 68.0 Å². The van der Waals surface area contributed by atoms with Crippen LogP contribution in [0.25, 0.3) is 6.08 Å². The average Bonchev–Trinajstić information content (AvgIpc) is 3.01. The molecular formula is C27H38OSi. The highest BCUT2D eigenvalue weighted by Gasteiger charge is 2.44. The number of hydrogen-bond acceptors (Lipinski definition) is 1. The van der Waals surface area contributed by atoms with Crippen molar-refractivity contribution in [1.82, 2.24) is 0 Å². The summed E-state index contributed by atoms with van der Waals surface area (Å²) in [6, 6.07) is 13.6. The molecule has 0 heterocycles. The van der Waals surface area contributed by atoms with Crippen LogP contribution in [0.15, 0.2) is 42.0 Å². The summed E-state index contributed by atoms with van der Waals surface area (Å²) in [5, 5.41) is 0. The lowest BCUT2D eigenvalue weighted by Gasteiger charge is -2.39. The summed E-state index contributed by atoms with van der Waals surface area (Å²) in [6.07, 6.45) is 2.47. The minimum atomic E-state index is -1.48. The highest BCUT2D eigenvalue weighted by Crippen LogP contribution is 2.53. The van der Waals surface area contributed by atoms with Gasteiger partial charge >= 0.3 is 0 Å². The fourth-order valence-electron chi connectivity index (χ4n) is 4.97. The Bertz CT molecular complexity index is 951. The number of allylic oxidation sites excluding steroid dienone is 1. The van der Waals surface area contributed by atoms with E-state index < -0.39 is 8.07 Å². The zero-order valence-electron chi connectivity index (χ0n) is 20.0. The molecule has 0 spiro atoms. The molecule has 0 bridgehead atoms. The Morgan fingerprint density at radius 1 is 0.897 bits per heavy atom. The Kier molecular flexibility index (Phi) is 5.41. The summed E-state index contributed by atoms with van der Waals surface area (Å²) < 4.78 is 6.09. The van der Waals surface area contributed by atoms with Crippen LogP contribution in [0.4, 0.5) is 0 Å². The molecule has 156 valence electrons. The minimum absolute atomic E-state index is 0.0351. The van der Waals surface area contributed by atoms with Crippen molar-refractivity contribution in [1.29, 1.82) is 0 Å². The van der Waals surface area contributed by atoms with Crippen LogP contribution < -0.4 is 4.74 Å². The van der Waals surface area contributed by atoms with Crippen LogP contribution in [0.3, 0.4) is 0 Å². The summed E-state index contributed by atoms with van der Waals surface area (Å²) in [4.78, 5) is 0. The Morgan fingerprint density at radius 3 is 2.03 bits per heavy atom. The van der Waals surface area contributed by atoms with Gasteiger partial charge in [0.2, 0.25) is 0 Å². The summed E-state index contributed by atoms with van der Waals surface area (Å²) in [5.74, 6) is 1.05. The summed E-state index contributed by atoms with van der Waals surface area (Å²) in [6.45, 7) is 21.3. The second-order valence-electron chi connectivity index (χ2n) is 11.3. The molecule has 1 aliphatic carbocycles. The number of fused-ring (bicyclic) bond motifs is 1. The van der Waals surface area contributed by atoms with Crippen molar-refractivity contribution in [3.05, 3.63) is 69.8 Å². The maximum absolute atomic E-state index is 6.09. The number of hydrogen-bond donors (Lipinski definition) is 0. The molecule has 0 saturated carbocycles. The number of benzene rings is 2. The van der Waals surface area contributed by atoms with E-state index >= 15 is 0 Å². The first-order chi connectivity index (χ1) is 13.3. The molecule has 2 aromatic rings. The predicted molar refractivity (Wildman–Crippen MR) is 130 cm³/mol. The number of methoxy groups -OCH3 is 1. The molecule has 2 aromatic carbocycles. The van der Waals surface area contributed by atoms with E-state index in [0.717, 1.165) is 5.75 Å². The van der Waals surface area contributed by atoms with E-state index in [1.165, 1.54) is 27.8 Å². The zero-order chi connectivity index (χ0) is 21.8. The summed E-state index contributed by atoms with van der Waals surface area (Å²) in [7, 11) is 0.345. The lowest BCUT2D eigenvalue weighted by Crippen LogP contribution is -2.37. The second-order valence-corrected chi connectivity index (χ2v) is 16.6. The fourth-order valence-corrected chi connectivity index (χ4v) is 7.54. The summed E-state index contributed by atoms with van der Waals surface area (Å²) in [5.41, 5.74) is 8.81. The van der Waals surface area contributed by atoms with Crippen molar-refractivity contribution in [3.63, 3.8) is 0 Å². The number of rotatable bonds is 4. The lowest BCUT2D eigenvalue weighted by atomic mass is 9.73. The third-order valence-electron chi connectivity index (χ3n) is 6.44. The molecule has 1 nitrogen and oxygen atoms in total. The second kappa shape index (κ2) is 7.16. The van der Waals surface area contributed by atoms with Gasteiger partial charge in [0, 0.05) is 22.1 Å². The molecule has 3 rings (SSSR count). The van der Waals surface area contributed by atoms with Crippen molar-refractivity contribution in [2.24, 2.45) is 0 Å². The van der Waals surface area contributed by atoms with E-state index in [1.807, 2.05) is 7.11 Å². The molecular weight excluding hydrogens is 368 g/mol. The topological polar surface area (TPSA) is 9.23 Å². The van der Waals surface area contributed by atoms with Crippen LogP contribution in [-0.2, 0) is 10.8 Å². The van der Waals surface area contributed by atoms with Crippen LogP contribution in [0.5, 0.6) is 5.75 Å². The van der Waals surface area contributed by atoms with Crippen molar-refractivity contribution < 1.29 is 4.74 Å². The van der Waals surface area contributed by atoms with E-state index in [9.17, 15) is 0 Å². The van der Waals surface area contributed by atoms with Gasteiger partial charge in [-0.05, 0) is 23.5 Å². The van der Waals surface area contributed by atoms with E-state index in [0.29, 0.717) is 5.54 Å². The van der Waals surface area contributed by atoms with Gasteiger partial charge in [-0.2, -0.15) is 0 Å². The Hall–Kier alpha value is -1.80. The van der Waals surface area contributed by atoms with Crippen LogP contribution >= 0.6 is 0 Å². The molecule has 0 aromatic heterocycles. The minimum Gasteiger partial charge on any atom is -0.496 e. The van der Waals surface area contributed by atoms with Gasteiger partial charge in [0.25, 0.3) is 0 Å². The molecule has 1 atom stereocenters. The molecule has 0 amide bonds. The van der Waals surface area contributed by atoms with Crippen molar-refractivity contribution >= 4 is 14.1 Å². The molecule has 1 aliphatic rings. The van der Waals surface area contributed by atoms with E-state index in [1.54, 1.807) is 5.57 Å². The van der Waals surface area contributed by atoms with Crippen molar-refractivity contribution in [2.75, 3.05) is 7.11 Å². The Labute approximate surface area is 179 Å². The molecule has 2 heteroatoms. The Balaban J connectivity index is 2.26. The zero-order valence-corrected chi connectivity index (χ0v) is 21.0. The molecule has 0 fully saturated rings. The maximum Gasteiger partial charge on any atom is 0.126 e. The van der Waals surface area contributed by atoms with Crippen molar-refractivity contribution in [2.45, 2.75) is 77.6 Å². The van der Waals surface area contributed by atoms with Gasteiger partial charge in [0.15, 0.2) is 0 Å². The summed E-state index contributed by atoms with van der Waals surface area (Å²) >= 11 is 0. The van der Waals surface area contributed by atoms with Crippen LogP contribution in [0, 0.1) is 6.92 Å². The molecule has 0 saturated heterocycles. The third-order valence-corrected chi connectivity index (χ3v) is 8.79. The first-order valence-corrected chi connectivity index (χ1v) is 14.4. The monoisotopic (exact) mass is 406 g/mol. The molecule has 1 unspecified atom stereocenters. The predicted octanol–water partition coefficient (Wildman–Crippen LogP) is 7.64. The smallest absolute Gasteiger partial charge is 0.126 e. The number of aryl methyl sites for hydroxylation is 1. The largest absolute Gasteiger partial charge is 0.496 e. The van der Waals surface area contributed by atoms with Gasteiger partial charge in [0.05, 0.1) is 15.2 Å². The van der Waals surface area contributed by atoms with E-state index in [-0.39, 0.29) is 10.8 Å². The highest BCUT2D eigenvalue weighted by molar-refractivity contribution is 6.78. The molecule has 0 N–H and O–H groups in total. The van der Waals surface area contributed by atoms with Gasteiger partial charge in [-0.3, -0.25) is 0 Å². The maximum atomic E-state index is 6.09. The normalized spacial score (nSPS) is 17.2. The third kappa shape index (κ3) is 3.84. The lowest BCUT2D eigenvalue weighted by molar-refractivity contribution is 0.383. The quantitative estimate of drug-likeness (QED) is 0.474. The molecule has 0 aliphatic heterocycles. The molecule has 29 heavy (non-hydrogen) atoms. The highest BCUT2D eigenvalue weighted by atomic mass is 28.3. The first kappa shape index (κ1) is 21.9. The van der Waals surface area contributed by atoms with E-state index in [4.69, 9.17) is 4.74 Å². The van der Waals surface area contributed by atoms with Gasteiger partial charge in [-0.1, -0.05) is 108 Å². The van der Waals surface area contributed by atoms with Crippen LogP contribution in [-0.4, -0.2) is 15.2 Å². The van der Waals surface area contributed by atoms with Crippen molar-refractivity contribution in [3.8, 4) is 5.75 Å². The van der Waals surface area contributed by atoms with Gasteiger partial charge in [-0.15, -0.1) is 0 Å². The molecule has 0 radical (unpaired) electrons. The number of ether oxygens (including phenoxy) is 1. The first-order valence-electron chi connectivity index (χ1n) is 10.8. The van der Waals surface area contributed by atoms with Crippen LogP contribution in [0.2, 0.25) is 19.6 Å². The average molecular weight is 407 g/mol. The fraction of sp³-hybridized carbons (Fsp3) is 0.481. The SMILES string of the molecule is COc1c(C(C)(C)C)cc(C)cc1C(C)(C)C1=Cc2ccccc2C1[Si](C)(C)C. The van der Waals surface area contributed by atoms with Gasteiger partial charge in [-0.25, -0.2) is 0 Å². The van der Waals surface area contributed by atoms with E-state index in [2.05, 4.69) is 104 Å².